The molecule has 8 heteroatoms. The lowest BCUT2D eigenvalue weighted by molar-refractivity contribution is 0.0693. The van der Waals surface area contributed by atoms with Crippen LogP contribution in [0.5, 0.6) is 5.75 Å². The van der Waals surface area contributed by atoms with Gasteiger partial charge >= 0.3 is 5.97 Å². The Balaban J connectivity index is 3.14. The summed E-state index contributed by atoms with van der Waals surface area (Å²) >= 11 is 0. The van der Waals surface area contributed by atoms with Crippen molar-refractivity contribution in [3.8, 4) is 5.75 Å². The largest absolute Gasteiger partial charge is 0.507 e. The first kappa shape index (κ1) is 17.4. The van der Waals surface area contributed by atoms with Crippen LogP contribution in [0, 0.1) is 6.92 Å². The Morgan fingerprint density at radius 2 is 1.95 bits per heavy atom. The smallest absolute Gasteiger partial charge is 0.339 e. The molecule has 1 unspecified atom stereocenters. The minimum Gasteiger partial charge on any atom is -0.507 e. The normalized spacial score (nSPS) is 13.4. The third-order valence-corrected chi connectivity index (χ3v) is 4.83. The molecule has 0 saturated carbocycles. The second-order valence-electron chi connectivity index (χ2n) is 5.10. The molecule has 0 heterocycles. The molecule has 118 valence electrons. The highest BCUT2D eigenvalue weighted by Gasteiger charge is 2.22. The number of aryl methyl sites for hydroxylation is 1. The molecule has 0 fully saturated rings. The molecule has 0 saturated heterocycles. The maximum absolute atomic E-state index is 12.3. The van der Waals surface area contributed by atoms with Crippen LogP contribution >= 0.6 is 0 Å². The number of carboxylic acid groups (broad SMARTS) is 1. The average molecular weight is 316 g/mol. The van der Waals surface area contributed by atoms with Crippen molar-refractivity contribution >= 4 is 16.0 Å². The van der Waals surface area contributed by atoms with E-state index < -0.39 is 27.3 Å². The second-order valence-corrected chi connectivity index (χ2v) is 6.84. The number of likely N-dealkylation sites (N-methyl/N-ethyl adjacent to an activating group) is 1. The van der Waals surface area contributed by atoms with E-state index >= 15 is 0 Å². The highest BCUT2D eigenvalue weighted by atomic mass is 32.2. The molecule has 1 atom stereocenters. The summed E-state index contributed by atoms with van der Waals surface area (Å²) in [6.07, 6.45) is 0. The van der Waals surface area contributed by atoms with Crippen molar-refractivity contribution in [1.82, 2.24) is 9.62 Å². The minimum absolute atomic E-state index is 0.0175. The summed E-state index contributed by atoms with van der Waals surface area (Å²) in [4.78, 5) is 12.7. The summed E-state index contributed by atoms with van der Waals surface area (Å²) in [7, 11) is -0.190. The molecule has 0 bridgehead atoms. The van der Waals surface area contributed by atoms with E-state index in [2.05, 4.69) is 4.72 Å². The van der Waals surface area contributed by atoms with Crippen molar-refractivity contribution in [2.75, 3.05) is 20.6 Å². The number of sulfonamides is 1. The predicted molar refractivity (Wildman–Crippen MR) is 78.1 cm³/mol. The first-order valence-electron chi connectivity index (χ1n) is 6.29. The third-order valence-electron chi connectivity index (χ3n) is 3.26. The summed E-state index contributed by atoms with van der Waals surface area (Å²) in [5, 5.41) is 18.5. The lowest BCUT2D eigenvalue weighted by Crippen LogP contribution is -2.38. The van der Waals surface area contributed by atoms with E-state index in [1.54, 1.807) is 0 Å². The molecule has 0 spiro atoms. The first-order valence-corrected chi connectivity index (χ1v) is 7.77. The predicted octanol–water partition coefficient (Wildman–Crippen LogP) is 0.627. The Hall–Kier alpha value is -1.64. The van der Waals surface area contributed by atoms with E-state index in [0.29, 0.717) is 0 Å². The Kier molecular flexibility index (Phi) is 5.32. The van der Waals surface area contributed by atoms with Crippen LogP contribution in [0.25, 0.3) is 0 Å². The fourth-order valence-electron chi connectivity index (χ4n) is 1.62. The van der Waals surface area contributed by atoms with E-state index in [9.17, 15) is 18.3 Å². The van der Waals surface area contributed by atoms with Gasteiger partial charge in [0.15, 0.2) is 0 Å². The number of hydrogen-bond acceptors (Lipinski definition) is 5. The van der Waals surface area contributed by atoms with Gasteiger partial charge < -0.3 is 15.1 Å². The summed E-state index contributed by atoms with van der Waals surface area (Å²) < 4.78 is 27.0. The third kappa shape index (κ3) is 4.16. The Labute approximate surface area is 124 Å². The van der Waals surface area contributed by atoms with Crippen LogP contribution < -0.4 is 4.72 Å². The number of nitrogens with one attached hydrogen (secondary N) is 1. The molecular formula is C13H20N2O5S. The van der Waals surface area contributed by atoms with Gasteiger partial charge in [0.2, 0.25) is 10.0 Å². The number of benzene rings is 1. The van der Waals surface area contributed by atoms with Crippen molar-refractivity contribution in [1.29, 1.82) is 0 Å². The average Bonchev–Trinajstić information content (AvgIpc) is 2.34. The van der Waals surface area contributed by atoms with Gasteiger partial charge in [-0.2, -0.15) is 0 Å². The second kappa shape index (κ2) is 6.42. The summed E-state index contributed by atoms with van der Waals surface area (Å²) in [6, 6.07) is 2.08. The van der Waals surface area contributed by atoms with Crippen LogP contribution in [0.4, 0.5) is 0 Å². The van der Waals surface area contributed by atoms with Gasteiger partial charge in [0.1, 0.15) is 11.3 Å². The van der Waals surface area contributed by atoms with Crippen molar-refractivity contribution in [3.05, 3.63) is 23.3 Å². The molecule has 1 rings (SSSR count). The molecule has 7 nitrogen and oxygen atoms in total. The zero-order chi connectivity index (χ0) is 16.4. The van der Waals surface area contributed by atoms with Gasteiger partial charge in [-0.25, -0.2) is 17.9 Å². The molecule has 0 amide bonds. The maximum Gasteiger partial charge on any atom is 0.339 e. The Morgan fingerprint density at radius 3 is 2.43 bits per heavy atom. The fraction of sp³-hybridized carbons (Fsp3) is 0.462. The molecule has 21 heavy (non-hydrogen) atoms. The molecular weight excluding hydrogens is 296 g/mol. The van der Waals surface area contributed by atoms with Gasteiger partial charge in [0, 0.05) is 12.6 Å². The number of rotatable bonds is 6. The van der Waals surface area contributed by atoms with Crippen molar-refractivity contribution in [3.63, 3.8) is 0 Å². The lowest BCUT2D eigenvalue weighted by Gasteiger charge is -2.20. The number of aromatic carboxylic acids is 1. The molecule has 1 aromatic rings. The molecule has 1 aromatic carbocycles. The zero-order valence-electron chi connectivity index (χ0n) is 12.4. The van der Waals surface area contributed by atoms with Gasteiger partial charge in [0.25, 0.3) is 0 Å². The summed E-state index contributed by atoms with van der Waals surface area (Å²) in [5.74, 6) is -1.84. The van der Waals surface area contributed by atoms with Gasteiger partial charge in [-0.15, -0.1) is 0 Å². The Bertz CT molecular complexity index is 640. The van der Waals surface area contributed by atoms with Gasteiger partial charge in [0.05, 0.1) is 4.90 Å². The van der Waals surface area contributed by atoms with Crippen LogP contribution in [0.2, 0.25) is 0 Å². The number of carboxylic acids is 1. The molecule has 0 aliphatic carbocycles. The maximum atomic E-state index is 12.3. The van der Waals surface area contributed by atoms with Crippen molar-refractivity contribution in [2.45, 2.75) is 24.8 Å². The van der Waals surface area contributed by atoms with Crippen molar-refractivity contribution < 1.29 is 23.4 Å². The number of nitrogens with zero attached hydrogens (tertiary/aromatic N) is 1. The SMILES string of the molecule is Cc1cc(O)c(C(=O)O)cc1S(=O)(=O)NCC(C)N(C)C. The molecule has 0 radical (unpaired) electrons. The highest BCUT2D eigenvalue weighted by molar-refractivity contribution is 7.89. The Morgan fingerprint density at radius 1 is 1.38 bits per heavy atom. The van der Waals surface area contributed by atoms with E-state index in [1.165, 1.54) is 6.92 Å². The number of carbonyl (C=O) groups is 1. The number of phenols is 1. The topological polar surface area (TPSA) is 107 Å². The van der Waals surface area contributed by atoms with Gasteiger partial charge in [-0.1, -0.05) is 0 Å². The molecule has 0 aliphatic heterocycles. The van der Waals surface area contributed by atoms with Gasteiger partial charge in [-0.3, -0.25) is 0 Å². The molecule has 3 N–H and O–H groups in total. The van der Waals surface area contributed by atoms with Crippen molar-refractivity contribution in [2.24, 2.45) is 0 Å². The van der Waals surface area contributed by atoms with Crippen LogP contribution in [0.15, 0.2) is 17.0 Å². The quantitative estimate of drug-likeness (QED) is 0.710. The first-order chi connectivity index (χ1) is 9.56. The van der Waals surface area contributed by atoms with E-state index in [-0.39, 0.29) is 23.0 Å². The van der Waals surface area contributed by atoms with E-state index in [4.69, 9.17) is 5.11 Å². The monoisotopic (exact) mass is 316 g/mol. The zero-order valence-corrected chi connectivity index (χ0v) is 13.2. The summed E-state index contributed by atoms with van der Waals surface area (Å²) in [6.45, 7) is 3.54. The number of aromatic hydroxyl groups is 1. The minimum atomic E-state index is -3.84. The van der Waals surface area contributed by atoms with Crippen LogP contribution in [-0.2, 0) is 10.0 Å². The fourth-order valence-corrected chi connectivity index (χ4v) is 3.00. The van der Waals surface area contributed by atoms with Crippen LogP contribution in [0.1, 0.15) is 22.8 Å². The van der Waals surface area contributed by atoms with Crippen LogP contribution in [0.3, 0.4) is 0 Å². The highest BCUT2D eigenvalue weighted by Crippen LogP contribution is 2.25. The molecule has 0 aliphatic rings. The number of hydrogen-bond donors (Lipinski definition) is 3. The van der Waals surface area contributed by atoms with E-state index in [0.717, 1.165) is 12.1 Å². The summed E-state index contributed by atoms with van der Waals surface area (Å²) in [5.41, 5.74) is -0.163. The standard InChI is InChI=1S/C13H20N2O5S/c1-8-5-11(16)10(13(17)18)6-12(8)21(19,20)14-7-9(2)15(3)4/h5-6,9,14,16H,7H2,1-4H3,(H,17,18). The van der Waals surface area contributed by atoms with Gasteiger partial charge in [-0.05, 0) is 45.6 Å². The van der Waals surface area contributed by atoms with E-state index in [1.807, 2.05) is 25.9 Å². The lowest BCUT2D eigenvalue weighted by atomic mass is 10.1. The molecule has 0 aromatic heterocycles. The van der Waals surface area contributed by atoms with Crippen LogP contribution in [-0.4, -0.2) is 56.2 Å².